The van der Waals surface area contributed by atoms with E-state index in [9.17, 15) is 9.90 Å². The van der Waals surface area contributed by atoms with Gasteiger partial charge in [0.05, 0.1) is 5.69 Å². The third-order valence-electron chi connectivity index (χ3n) is 4.14. The van der Waals surface area contributed by atoms with Crippen molar-refractivity contribution in [2.45, 2.75) is 45.1 Å². The van der Waals surface area contributed by atoms with Gasteiger partial charge >= 0.3 is 0 Å². The van der Waals surface area contributed by atoms with E-state index in [2.05, 4.69) is 31.1 Å². The van der Waals surface area contributed by atoms with Gasteiger partial charge in [0.25, 0.3) is 5.91 Å². The molecule has 1 saturated heterocycles. The van der Waals surface area contributed by atoms with Gasteiger partial charge < -0.3 is 19.6 Å². The highest BCUT2D eigenvalue weighted by atomic mass is 16.5. The van der Waals surface area contributed by atoms with E-state index in [1.54, 1.807) is 12.1 Å². The lowest BCUT2D eigenvalue weighted by Crippen LogP contribution is -2.17. The normalized spacial score (nSPS) is 17.9. The Morgan fingerprint density at radius 2 is 2.17 bits per heavy atom. The third kappa shape index (κ3) is 3.28. The molecule has 0 bridgehead atoms. The first kappa shape index (κ1) is 16.5. The molecule has 3 rings (SSSR count). The SMILES string of the molecule is CC(C)(C)c1ccc(O)c(NC(=O)c2ncoc2C2CCCO2)c1. The van der Waals surface area contributed by atoms with Gasteiger partial charge in [-0.1, -0.05) is 26.8 Å². The van der Waals surface area contributed by atoms with Crippen LogP contribution in [0, 0.1) is 0 Å². The lowest BCUT2D eigenvalue weighted by atomic mass is 9.87. The summed E-state index contributed by atoms with van der Waals surface area (Å²) in [5.74, 6) is 0.0330. The molecular formula is C18H22N2O4. The molecule has 0 aliphatic carbocycles. The molecule has 6 nitrogen and oxygen atoms in total. The van der Waals surface area contributed by atoms with Crippen molar-refractivity contribution in [1.29, 1.82) is 0 Å². The van der Waals surface area contributed by atoms with Crippen molar-refractivity contribution in [3.05, 3.63) is 41.6 Å². The summed E-state index contributed by atoms with van der Waals surface area (Å²) in [4.78, 5) is 16.6. The Labute approximate surface area is 140 Å². The average molecular weight is 330 g/mol. The topological polar surface area (TPSA) is 84.6 Å². The fourth-order valence-corrected chi connectivity index (χ4v) is 2.72. The Bertz CT molecular complexity index is 740. The zero-order valence-electron chi connectivity index (χ0n) is 14.1. The van der Waals surface area contributed by atoms with Gasteiger partial charge in [-0.3, -0.25) is 4.79 Å². The highest BCUT2D eigenvalue weighted by Gasteiger charge is 2.28. The number of nitrogens with one attached hydrogen (secondary N) is 1. The number of oxazole rings is 1. The van der Waals surface area contributed by atoms with Gasteiger partial charge in [0, 0.05) is 6.61 Å². The van der Waals surface area contributed by atoms with Crippen LogP contribution in [0.3, 0.4) is 0 Å². The number of carbonyl (C=O) groups is 1. The Kier molecular flexibility index (Phi) is 4.32. The minimum absolute atomic E-state index is 0.0125. The molecule has 2 heterocycles. The number of nitrogens with zero attached hydrogens (tertiary/aromatic N) is 1. The Hall–Kier alpha value is -2.34. The van der Waals surface area contributed by atoms with Crippen LogP contribution in [-0.2, 0) is 10.2 Å². The number of ether oxygens (including phenoxy) is 1. The summed E-state index contributed by atoms with van der Waals surface area (Å²) in [6.07, 6.45) is 2.75. The van der Waals surface area contributed by atoms with Gasteiger partial charge in [-0.25, -0.2) is 4.98 Å². The quantitative estimate of drug-likeness (QED) is 0.837. The molecule has 0 spiro atoms. The van der Waals surface area contributed by atoms with E-state index in [1.165, 1.54) is 6.39 Å². The molecule has 2 N–H and O–H groups in total. The van der Waals surface area contributed by atoms with E-state index < -0.39 is 5.91 Å². The number of hydrogen-bond acceptors (Lipinski definition) is 5. The summed E-state index contributed by atoms with van der Waals surface area (Å²) in [5.41, 5.74) is 1.47. The average Bonchev–Trinajstić information content (AvgIpc) is 3.18. The van der Waals surface area contributed by atoms with E-state index >= 15 is 0 Å². The minimum Gasteiger partial charge on any atom is -0.506 e. The first-order chi connectivity index (χ1) is 11.4. The molecule has 0 saturated carbocycles. The maximum absolute atomic E-state index is 12.6. The minimum atomic E-state index is -0.421. The first-order valence-corrected chi connectivity index (χ1v) is 8.06. The van der Waals surface area contributed by atoms with Crippen LogP contribution in [0.5, 0.6) is 5.75 Å². The van der Waals surface area contributed by atoms with Crippen LogP contribution in [0.1, 0.15) is 61.5 Å². The number of phenols is 1. The number of benzene rings is 1. The Balaban J connectivity index is 1.84. The first-order valence-electron chi connectivity index (χ1n) is 8.06. The Morgan fingerprint density at radius 1 is 1.38 bits per heavy atom. The lowest BCUT2D eigenvalue weighted by Gasteiger charge is -2.20. The zero-order chi connectivity index (χ0) is 17.3. The van der Waals surface area contributed by atoms with Crippen molar-refractivity contribution in [1.82, 2.24) is 4.98 Å². The van der Waals surface area contributed by atoms with Gasteiger partial charge in [0.2, 0.25) is 0 Å². The van der Waals surface area contributed by atoms with Crippen LogP contribution in [0.4, 0.5) is 5.69 Å². The summed E-state index contributed by atoms with van der Waals surface area (Å²) < 4.78 is 10.9. The lowest BCUT2D eigenvalue weighted by molar-refractivity contribution is 0.0889. The van der Waals surface area contributed by atoms with Gasteiger partial charge in [-0.05, 0) is 36.0 Å². The fourth-order valence-electron chi connectivity index (χ4n) is 2.72. The summed E-state index contributed by atoms with van der Waals surface area (Å²) in [6.45, 7) is 6.86. The predicted molar refractivity (Wildman–Crippen MR) is 89.2 cm³/mol. The molecule has 24 heavy (non-hydrogen) atoms. The number of carbonyl (C=O) groups excluding carboxylic acids is 1. The molecule has 1 aliphatic heterocycles. The number of hydrogen-bond donors (Lipinski definition) is 2. The van der Waals surface area contributed by atoms with Crippen LogP contribution in [-0.4, -0.2) is 22.6 Å². The number of rotatable bonds is 3. The highest BCUT2D eigenvalue weighted by Crippen LogP contribution is 2.33. The molecule has 1 amide bonds. The monoisotopic (exact) mass is 330 g/mol. The van der Waals surface area contributed by atoms with Gasteiger partial charge in [-0.15, -0.1) is 0 Å². The smallest absolute Gasteiger partial charge is 0.278 e. The van der Waals surface area contributed by atoms with Crippen molar-refractivity contribution in [2.24, 2.45) is 0 Å². The van der Waals surface area contributed by atoms with E-state index in [4.69, 9.17) is 9.15 Å². The summed E-state index contributed by atoms with van der Waals surface area (Å²) in [6, 6.07) is 5.21. The summed E-state index contributed by atoms with van der Waals surface area (Å²) >= 11 is 0. The molecule has 1 unspecified atom stereocenters. The molecule has 2 aromatic rings. The predicted octanol–water partition coefficient (Wildman–Crippen LogP) is 3.78. The zero-order valence-corrected chi connectivity index (χ0v) is 14.1. The molecule has 6 heteroatoms. The molecule has 1 aromatic heterocycles. The number of phenolic OH excluding ortho intramolecular Hbond substituents is 1. The fraction of sp³-hybridized carbons (Fsp3) is 0.444. The molecule has 0 radical (unpaired) electrons. The van der Waals surface area contributed by atoms with E-state index in [0.29, 0.717) is 18.1 Å². The molecular weight excluding hydrogens is 308 g/mol. The molecule has 1 fully saturated rings. The molecule has 1 aromatic carbocycles. The second kappa shape index (κ2) is 6.28. The van der Waals surface area contributed by atoms with Crippen LogP contribution < -0.4 is 5.32 Å². The van der Waals surface area contributed by atoms with E-state index in [-0.39, 0.29) is 23.0 Å². The van der Waals surface area contributed by atoms with Crippen LogP contribution in [0.2, 0.25) is 0 Å². The van der Waals surface area contributed by atoms with E-state index in [1.807, 2.05) is 6.07 Å². The maximum Gasteiger partial charge on any atom is 0.278 e. The Morgan fingerprint density at radius 3 is 2.83 bits per heavy atom. The van der Waals surface area contributed by atoms with Crippen LogP contribution >= 0.6 is 0 Å². The summed E-state index contributed by atoms with van der Waals surface area (Å²) in [7, 11) is 0. The molecule has 1 aliphatic rings. The number of anilines is 1. The van der Waals surface area contributed by atoms with Gasteiger partial charge in [-0.2, -0.15) is 0 Å². The van der Waals surface area contributed by atoms with Crippen molar-refractivity contribution in [2.75, 3.05) is 11.9 Å². The maximum atomic E-state index is 12.6. The second-order valence-corrected chi connectivity index (χ2v) is 7.00. The van der Waals surface area contributed by atoms with Crippen LogP contribution in [0.15, 0.2) is 29.0 Å². The molecule has 1 atom stereocenters. The highest BCUT2D eigenvalue weighted by molar-refractivity contribution is 6.04. The number of amides is 1. The molecule has 128 valence electrons. The van der Waals surface area contributed by atoms with E-state index in [0.717, 1.165) is 18.4 Å². The van der Waals surface area contributed by atoms with Crippen molar-refractivity contribution in [3.8, 4) is 5.75 Å². The number of aromatic nitrogens is 1. The standard InChI is InChI=1S/C18H22N2O4/c1-18(2,3)11-6-7-13(21)12(9-11)20-17(22)15-16(24-10-19-15)14-5-4-8-23-14/h6-7,9-10,14,21H,4-5,8H2,1-3H3,(H,20,22). The largest absolute Gasteiger partial charge is 0.506 e. The number of aromatic hydroxyl groups is 1. The van der Waals surface area contributed by atoms with Gasteiger partial charge in [0.15, 0.2) is 17.8 Å². The second-order valence-electron chi connectivity index (χ2n) is 7.00. The van der Waals surface area contributed by atoms with Crippen LogP contribution in [0.25, 0.3) is 0 Å². The van der Waals surface area contributed by atoms with Gasteiger partial charge in [0.1, 0.15) is 11.9 Å². The third-order valence-corrected chi connectivity index (χ3v) is 4.14. The van der Waals surface area contributed by atoms with Crippen molar-refractivity contribution in [3.63, 3.8) is 0 Å². The van der Waals surface area contributed by atoms with Crippen molar-refractivity contribution >= 4 is 11.6 Å². The van der Waals surface area contributed by atoms with Crippen molar-refractivity contribution < 1.29 is 19.1 Å². The summed E-state index contributed by atoms with van der Waals surface area (Å²) in [5, 5.41) is 12.8.